The van der Waals surface area contributed by atoms with Crippen molar-refractivity contribution in [1.82, 2.24) is 15.1 Å². The second-order valence-electron chi connectivity index (χ2n) is 4.36. The number of amides is 1. The molecule has 1 saturated heterocycles. The van der Waals surface area contributed by atoms with E-state index in [0.29, 0.717) is 25.0 Å². The third-order valence-electron chi connectivity index (χ3n) is 3.08. The number of carbonyl (C=O) groups excluding carboxylic acids is 1. The average molecular weight is 278 g/mol. The molecular weight excluding hydrogens is 264 g/mol. The molecule has 3 heterocycles. The first-order valence-electron chi connectivity index (χ1n) is 6.12. The van der Waals surface area contributed by atoms with Crippen LogP contribution in [0.4, 0.5) is 6.01 Å². The van der Waals surface area contributed by atoms with Gasteiger partial charge in [-0.25, -0.2) is 0 Å². The minimum Gasteiger partial charge on any atom is -0.408 e. The SMILES string of the molecule is Cc1nnc(N2CCN(C(=O)c3cccs3)CC2)o1. The third-order valence-corrected chi connectivity index (χ3v) is 3.94. The summed E-state index contributed by atoms with van der Waals surface area (Å²) in [5.74, 6) is 0.670. The first-order chi connectivity index (χ1) is 9.24. The van der Waals surface area contributed by atoms with Crippen LogP contribution in [0.25, 0.3) is 0 Å². The van der Waals surface area contributed by atoms with Gasteiger partial charge < -0.3 is 14.2 Å². The smallest absolute Gasteiger partial charge is 0.318 e. The second kappa shape index (κ2) is 5.00. The van der Waals surface area contributed by atoms with Crippen molar-refractivity contribution >= 4 is 23.3 Å². The molecule has 1 aliphatic rings. The number of thiophene rings is 1. The van der Waals surface area contributed by atoms with E-state index >= 15 is 0 Å². The van der Waals surface area contributed by atoms with Crippen molar-refractivity contribution in [2.24, 2.45) is 0 Å². The topological polar surface area (TPSA) is 62.5 Å². The molecule has 2 aromatic heterocycles. The standard InChI is InChI=1S/C12H14N4O2S/c1-9-13-14-12(18-9)16-6-4-15(5-7-16)11(17)10-3-2-8-19-10/h2-3,8H,4-7H2,1H3. The number of nitrogens with zero attached hydrogens (tertiary/aromatic N) is 4. The summed E-state index contributed by atoms with van der Waals surface area (Å²) in [5.41, 5.74) is 0. The molecule has 0 aliphatic carbocycles. The van der Waals surface area contributed by atoms with Gasteiger partial charge in [-0.3, -0.25) is 4.79 Å². The lowest BCUT2D eigenvalue weighted by Crippen LogP contribution is -2.48. The van der Waals surface area contributed by atoms with Crippen LogP contribution in [-0.2, 0) is 0 Å². The van der Waals surface area contributed by atoms with Crippen molar-refractivity contribution in [3.63, 3.8) is 0 Å². The summed E-state index contributed by atoms with van der Waals surface area (Å²) in [5, 5.41) is 9.74. The molecule has 0 N–H and O–H groups in total. The summed E-state index contributed by atoms with van der Waals surface area (Å²) in [4.78, 5) is 16.8. The second-order valence-corrected chi connectivity index (χ2v) is 5.31. The number of aromatic nitrogens is 2. The fourth-order valence-corrected chi connectivity index (χ4v) is 2.76. The van der Waals surface area contributed by atoms with Gasteiger partial charge in [0.05, 0.1) is 4.88 Å². The Balaban J connectivity index is 1.62. The maximum atomic E-state index is 12.2. The molecule has 0 radical (unpaired) electrons. The van der Waals surface area contributed by atoms with E-state index in [1.165, 1.54) is 11.3 Å². The predicted molar refractivity (Wildman–Crippen MR) is 71.5 cm³/mol. The van der Waals surface area contributed by atoms with Gasteiger partial charge in [-0.05, 0) is 11.4 Å². The fourth-order valence-electron chi connectivity index (χ4n) is 2.07. The van der Waals surface area contributed by atoms with Crippen molar-refractivity contribution in [2.45, 2.75) is 6.92 Å². The zero-order valence-electron chi connectivity index (χ0n) is 10.6. The molecule has 1 amide bonds. The van der Waals surface area contributed by atoms with Gasteiger partial charge in [0.25, 0.3) is 5.91 Å². The number of anilines is 1. The molecule has 0 atom stereocenters. The molecule has 1 aliphatic heterocycles. The summed E-state index contributed by atoms with van der Waals surface area (Å²) >= 11 is 1.48. The molecule has 6 nitrogen and oxygen atoms in total. The highest BCUT2D eigenvalue weighted by atomic mass is 32.1. The zero-order valence-corrected chi connectivity index (χ0v) is 11.4. The van der Waals surface area contributed by atoms with Gasteiger partial charge in [0, 0.05) is 33.1 Å². The molecule has 7 heteroatoms. The van der Waals surface area contributed by atoms with Crippen LogP contribution in [-0.4, -0.2) is 47.2 Å². The molecular formula is C12H14N4O2S. The third kappa shape index (κ3) is 2.46. The predicted octanol–water partition coefficient (Wildman–Crippen LogP) is 1.40. The first kappa shape index (κ1) is 12.2. The molecule has 19 heavy (non-hydrogen) atoms. The lowest BCUT2D eigenvalue weighted by Gasteiger charge is -2.33. The maximum absolute atomic E-state index is 12.2. The molecule has 1 fully saturated rings. The van der Waals surface area contributed by atoms with Crippen LogP contribution < -0.4 is 4.90 Å². The Labute approximate surface area is 114 Å². The highest BCUT2D eigenvalue weighted by Gasteiger charge is 2.24. The Hall–Kier alpha value is -1.89. The molecule has 2 aromatic rings. The summed E-state index contributed by atoms with van der Waals surface area (Å²) in [6, 6.07) is 4.30. The zero-order chi connectivity index (χ0) is 13.2. The van der Waals surface area contributed by atoms with Crippen LogP contribution in [0.15, 0.2) is 21.9 Å². The van der Waals surface area contributed by atoms with E-state index in [-0.39, 0.29) is 5.91 Å². The number of rotatable bonds is 2. The van der Waals surface area contributed by atoms with Gasteiger partial charge in [0.1, 0.15) is 0 Å². The first-order valence-corrected chi connectivity index (χ1v) is 7.00. The molecule has 3 rings (SSSR count). The molecule has 0 bridgehead atoms. The van der Waals surface area contributed by atoms with Gasteiger partial charge in [-0.1, -0.05) is 11.2 Å². The quantitative estimate of drug-likeness (QED) is 0.831. The van der Waals surface area contributed by atoms with E-state index in [9.17, 15) is 4.79 Å². The van der Waals surface area contributed by atoms with Gasteiger partial charge in [0.2, 0.25) is 5.89 Å². The minimum absolute atomic E-state index is 0.108. The monoisotopic (exact) mass is 278 g/mol. The van der Waals surface area contributed by atoms with E-state index < -0.39 is 0 Å². The molecule has 0 spiro atoms. The number of aryl methyl sites for hydroxylation is 1. The average Bonchev–Trinajstić information content (AvgIpc) is 3.09. The summed E-state index contributed by atoms with van der Waals surface area (Å²) in [6.45, 7) is 4.57. The normalized spacial score (nSPS) is 15.8. The Morgan fingerprint density at radius 1 is 1.32 bits per heavy atom. The van der Waals surface area contributed by atoms with E-state index in [2.05, 4.69) is 10.2 Å². The van der Waals surface area contributed by atoms with Gasteiger partial charge in [-0.2, -0.15) is 0 Å². The lowest BCUT2D eigenvalue weighted by atomic mass is 10.3. The van der Waals surface area contributed by atoms with Crippen molar-refractivity contribution < 1.29 is 9.21 Å². The highest BCUT2D eigenvalue weighted by Crippen LogP contribution is 2.17. The van der Waals surface area contributed by atoms with Gasteiger partial charge >= 0.3 is 6.01 Å². The molecule has 0 aromatic carbocycles. The van der Waals surface area contributed by atoms with Gasteiger partial charge in [0.15, 0.2) is 0 Å². The van der Waals surface area contributed by atoms with E-state index in [4.69, 9.17) is 4.42 Å². The molecule has 100 valence electrons. The summed E-state index contributed by atoms with van der Waals surface area (Å²) in [6.07, 6.45) is 0. The number of hydrogen-bond donors (Lipinski definition) is 0. The molecule has 0 unspecified atom stereocenters. The Morgan fingerprint density at radius 2 is 2.11 bits per heavy atom. The van der Waals surface area contributed by atoms with Crippen molar-refractivity contribution in [1.29, 1.82) is 0 Å². The van der Waals surface area contributed by atoms with E-state index in [0.717, 1.165) is 18.0 Å². The van der Waals surface area contributed by atoms with Crippen molar-refractivity contribution in [2.75, 3.05) is 31.1 Å². The van der Waals surface area contributed by atoms with E-state index in [1.807, 2.05) is 27.3 Å². The van der Waals surface area contributed by atoms with Crippen LogP contribution in [0.1, 0.15) is 15.6 Å². The van der Waals surface area contributed by atoms with Gasteiger partial charge in [-0.15, -0.1) is 16.4 Å². The molecule has 0 saturated carbocycles. The highest BCUT2D eigenvalue weighted by molar-refractivity contribution is 7.12. The van der Waals surface area contributed by atoms with Crippen LogP contribution in [0.3, 0.4) is 0 Å². The Bertz CT molecular complexity index is 558. The van der Waals surface area contributed by atoms with Crippen LogP contribution >= 0.6 is 11.3 Å². The maximum Gasteiger partial charge on any atom is 0.318 e. The van der Waals surface area contributed by atoms with E-state index in [1.54, 1.807) is 6.92 Å². The number of piperazine rings is 1. The summed E-state index contributed by atoms with van der Waals surface area (Å²) < 4.78 is 5.39. The van der Waals surface area contributed by atoms with Crippen LogP contribution in [0.5, 0.6) is 0 Å². The lowest BCUT2D eigenvalue weighted by molar-refractivity contribution is 0.0750. The Morgan fingerprint density at radius 3 is 2.68 bits per heavy atom. The summed E-state index contributed by atoms with van der Waals surface area (Å²) in [7, 11) is 0. The fraction of sp³-hybridized carbons (Fsp3) is 0.417. The van der Waals surface area contributed by atoms with Crippen LogP contribution in [0, 0.1) is 6.92 Å². The van der Waals surface area contributed by atoms with Crippen molar-refractivity contribution in [3.8, 4) is 0 Å². The largest absolute Gasteiger partial charge is 0.408 e. The Kier molecular flexibility index (Phi) is 3.20. The van der Waals surface area contributed by atoms with Crippen molar-refractivity contribution in [3.05, 3.63) is 28.3 Å². The number of hydrogen-bond acceptors (Lipinski definition) is 6. The van der Waals surface area contributed by atoms with Crippen LogP contribution in [0.2, 0.25) is 0 Å². The minimum atomic E-state index is 0.108. The number of carbonyl (C=O) groups is 1.